The highest BCUT2D eigenvalue weighted by atomic mass is 35.5. The lowest BCUT2D eigenvalue weighted by molar-refractivity contribution is 0.0449. The molecule has 11 nitrogen and oxygen atoms in total. The molecular formula is C33H45Cl2N7O4Si. The molecule has 2 aliphatic heterocycles. The Labute approximate surface area is 286 Å². The first-order valence-corrected chi connectivity index (χ1v) is 20.6. The second kappa shape index (κ2) is 11.8. The molecule has 14 heteroatoms. The van der Waals surface area contributed by atoms with E-state index in [-0.39, 0.29) is 24.4 Å². The lowest BCUT2D eigenvalue weighted by Gasteiger charge is -2.35. The molecule has 2 bridgehead atoms. The zero-order chi connectivity index (χ0) is 34.2. The van der Waals surface area contributed by atoms with Gasteiger partial charge in [0.25, 0.3) is 5.56 Å². The molecule has 4 aromatic rings. The molecule has 0 radical (unpaired) electrons. The summed E-state index contributed by atoms with van der Waals surface area (Å²) in [7, 11) is 2.21. The fourth-order valence-electron chi connectivity index (χ4n) is 7.11. The Kier molecular flexibility index (Phi) is 8.50. The van der Waals surface area contributed by atoms with Gasteiger partial charge in [-0.15, -0.1) is 0 Å². The monoisotopic (exact) mass is 701 g/mol. The summed E-state index contributed by atoms with van der Waals surface area (Å²) in [6, 6.07) is 4.80. The number of aromatic nitrogens is 5. The first-order valence-electron chi connectivity index (χ1n) is 16.2. The van der Waals surface area contributed by atoms with Crippen molar-refractivity contribution >= 4 is 65.3 Å². The maximum atomic E-state index is 14.4. The lowest BCUT2D eigenvalue weighted by atomic mass is 9.83. The highest BCUT2D eigenvalue weighted by Crippen LogP contribution is 2.47. The fourth-order valence-corrected chi connectivity index (χ4v) is 8.49. The molecule has 254 valence electrons. The van der Waals surface area contributed by atoms with Crippen LogP contribution in [0.25, 0.3) is 33.1 Å². The molecule has 6 rings (SSSR count). The third kappa shape index (κ3) is 6.18. The van der Waals surface area contributed by atoms with Gasteiger partial charge < -0.3 is 24.3 Å². The Hall–Kier alpha value is -3.06. The number of hydrogen-bond acceptors (Lipinski definition) is 7. The summed E-state index contributed by atoms with van der Waals surface area (Å²) < 4.78 is 16.9. The van der Waals surface area contributed by atoms with Crippen molar-refractivity contribution in [2.24, 2.45) is 14.1 Å². The van der Waals surface area contributed by atoms with Crippen molar-refractivity contribution in [3.05, 3.63) is 38.9 Å². The van der Waals surface area contributed by atoms with Crippen molar-refractivity contribution in [2.45, 2.75) is 103 Å². The van der Waals surface area contributed by atoms with Crippen molar-refractivity contribution in [1.82, 2.24) is 29.2 Å². The number of ether oxygens (including phenoxy) is 2. The van der Waals surface area contributed by atoms with Gasteiger partial charge >= 0.3 is 6.09 Å². The standard InChI is InChI=1S/C33H45Cl2N7O4Si/c1-32(2,3)46-31(44)37-33(4)16-19-10-13-23(33)42(19)30-36-28-24(29(43)39(30)5)21(17-41(28)18-45-14-15-47(7,8)9)20-11-12-22-25(26(20)34)27(35)40(6)38-22/h11-12,17,19,23H,10,13-16,18H2,1-9H3,(H,37,44)/t19-,23?,33+/m0/s1. The van der Waals surface area contributed by atoms with Crippen molar-refractivity contribution in [3.63, 3.8) is 0 Å². The number of anilines is 1. The number of aryl methyl sites for hydroxylation is 1. The molecule has 2 aliphatic rings. The van der Waals surface area contributed by atoms with Gasteiger partial charge in [0, 0.05) is 52.1 Å². The molecule has 1 N–H and O–H groups in total. The van der Waals surface area contributed by atoms with Crippen LogP contribution in [0.5, 0.6) is 0 Å². The van der Waals surface area contributed by atoms with Crippen molar-refractivity contribution in [1.29, 1.82) is 0 Å². The molecule has 0 aliphatic carbocycles. The Bertz CT molecular complexity index is 1940. The van der Waals surface area contributed by atoms with Gasteiger partial charge in [0.15, 0.2) is 5.65 Å². The van der Waals surface area contributed by atoms with Crippen LogP contribution in [0.4, 0.5) is 10.7 Å². The number of carbonyl (C=O) groups excluding carboxylic acids is 1. The van der Waals surface area contributed by atoms with E-state index in [4.69, 9.17) is 37.7 Å². The molecule has 3 aromatic heterocycles. The van der Waals surface area contributed by atoms with Crippen LogP contribution in [0.3, 0.4) is 0 Å². The normalized spacial score (nSPS) is 21.4. The molecule has 5 heterocycles. The summed E-state index contributed by atoms with van der Waals surface area (Å²) in [6.07, 6.45) is 3.98. The molecule has 1 aromatic carbocycles. The predicted molar refractivity (Wildman–Crippen MR) is 190 cm³/mol. The number of nitrogens with one attached hydrogen (secondary N) is 1. The van der Waals surface area contributed by atoms with Gasteiger partial charge in [-0.3, -0.25) is 14.0 Å². The van der Waals surface area contributed by atoms with E-state index in [0.29, 0.717) is 55.8 Å². The van der Waals surface area contributed by atoms with Crippen LogP contribution >= 0.6 is 23.2 Å². The average molecular weight is 703 g/mol. The molecule has 2 fully saturated rings. The molecule has 47 heavy (non-hydrogen) atoms. The largest absolute Gasteiger partial charge is 0.444 e. The van der Waals surface area contributed by atoms with E-state index < -0.39 is 25.3 Å². The van der Waals surface area contributed by atoms with Crippen LogP contribution in [0.1, 0.15) is 47.0 Å². The van der Waals surface area contributed by atoms with Crippen LogP contribution in [0.2, 0.25) is 35.9 Å². The van der Waals surface area contributed by atoms with Crippen LogP contribution < -0.4 is 15.8 Å². The zero-order valence-electron chi connectivity index (χ0n) is 28.7. The Morgan fingerprint density at radius 2 is 1.85 bits per heavy atom. The molecule has 0 spiro atoms. The highest BCUT2D eigenvalue weighted by Gasteiger charge is 2.55. The molecule has 0 saturated carbocycles. The maximum absolute atomic E-state index is 14.4. The summed E-state index contributed by atoms with van der Waals surface area (Å²) in [5.41, 5.74) is 1.17. The van der Waals surface area contributed by atoms with Crippen molar-refractivity contribution in [2.75, 3.05) is 11.5 Å². The number of carbonyl (C=O) groups is 1. The number of hydrogen-bond donors (Lipinski definition) is 1. The third-order valence-electron chi connectivity index (χ3n) is 9.37. The quantitative estimate of drug-likeness (QED) is 0.157. The molecule has 1 unspecified atom stereocenters. The molecular weight excluding hydrogens is 657 g/mol. The van der Waals surface area contributed by atoms with Gasteiger partial charge in [0.05, 0.1) is 32.9 Å². The first kappa shape index (κ1) is 33.8. The number of benzene rings is 1. The number of amides is 1. The summed E-state index contributed by atoms with van der Waals surface area (Å²) in [6.45, 7) is 15.4. The Morgan fingerprint density at radius 1 is 1.13 bits per heavy atom. The number of nitrogens with zero attached hydrogens (tertiary/aromatic N) is 6. The predicted octanol–water partition coefficient (Wildman–Crippen LogP) is 6.93. The van der Waals surface area contributed by atoms with E-state index >= 15 is 0 Å². The van der Waals surface area contributed by atoms with Crippen LogP contribution in [-0.2, 0) is 30.3 Å². The summed E-state index contributed by atoms with van der Waals surface area (Å²) in [5, 5.41) is 9.54. The summed E-state index contributed by atoms with van der Waals surface area (Å²) >= 11 is 13.6. The number of halogens is 2. The first-order chi connectivity index (χ1) is 21.9. The van der Waals surface area contributed by atoms with Crippen LogP contribution in [-0.4, -0.2) is 67.9 Å². The number of rotatable bonds is 8. The SMILES string of the molecule is Cn1nc2ccc(-c3cn(COCC[Si](C)(C)C)c4nc(N5C6CC[C@H]5C[C@@]6(C)NC(=O)OC(C)(C)C)n(C)c(=O)c34)c(Cl)c2c1Cl. The zero-order valence-corrected chi connectivity index (χ0v) is 31.2. The topological polar surface area (TPSA) is 108 Å². The van der Waals surface area contributed by atoms with Crippen LogP contribution in [0.15, 0.2) is 23.1 Å². The van der Waals surface area contributed by atoms with E-state index in [1.165, 1.54) is 0 Å². The minimum absolute atomic E-state index is 0.0592. The Balaban J connectivity index is 1.45. The fraction of sp³-hybridized carbons (Fsp3) is 0.576. The van der Waals surface area contributed by atoms with Crippen LogP contribution in [0, 0.1) is 0 Å². The van der Waals surface area contributed by atoms with E-state index in [9.17, 15) is 9.59 Å². The maximum Gasteiger partial charge on any atom is 0.408 e. The van der Waals surface area contributed by atoms with E-state index in [2.05, 4.69) is 41.9 Å². The van der Waals surface area contributed by atoms with E-state index in [0.717, 1.165) is 25.3 Å². The van der Waals surface area contributed by atoms with E-state index in [1.807, 2.05) is 43.7 Å². The van der Waals surface area contributed by atoms with Gasteiger partial charge in [-0.05, 0) is 59.1 Å². The molecule has 2 saturated heterocycles. The van der Waals surface area contributed by atoms with Gasteiger partial charge in [-0.25, -0.2) is 4.79 Å². The van der Waals surface area contributed by atoms with Gasteiger partial charge in [-0.2, -0.15) is 10.1 Å². The molecule has 1 amide bonds. The minimum Gasteiger partial charge on any atom is -0.444 e. The Morgan fingerprint density at radius 3 is 2.53 bits per heavy atom. The minimum atomic E-state index is -1.31. The second-order valence-electron chi connectivity index (χ2n) is 15.5. The van der Waals surface area contributed by atoms with Gasteiger partial charge in [0.1, 0.15) is 17.5 Å². The number of alkyl carbamates (subject to hydrolysis) is 1. The van der Waals surface area contributed by atoms with E-state index in [1.54, 1.807) is 23.3 Å². The van der Waals surface area contributed by atoms with Crippen molar-refractivity contribution in [3.8, 4) is 11.1 Å². The number of fused-ring (bicyclic) bond motifs is 4. The molecule has 3 atom stereocenters. The van der Waals surface area contributed by atoms with Gasteiger partial charge in [0.2, 0.25) is 5.95 Å². The summed E-state index contributed by atoms with van der Waals surface area (Å²) in [4.78, 5) is 34.7. The van der Waals surface area contributed by atoms with Crippen molar-refractivity contribution < 1.29 is 14.3 Å². The highest BCUT2D eigenvalue weighted by molar-refractivity contribution is 6.76. The lowest BCUT2D eigenvalue weighted by Crippen LogP contribution is -2.55. The van der Waals surface area contributed by atoms with Gasteiger partial charge in [-0.1, -0.05) is 48.9 Å². The second-order valence-corrected chi connectivity index (χ2v) is 21.8. The summed E-state index contributed by atoms with van der Waals surface area (Å²) in [5.74, 6) is 0.564. The average Bonchev–Trinajstić information content (AvgIpc) is 3.66. The smallest absolute Gasteiger partial charge is 0.408 e. The third-order valence-corrected chi connectivity index (χ3v) is 11.9.